The Morgan fingerprint density at radius 2 is 1.76 bits per heavy atom. The van der Waals surface area contributed by atoms with E-state index in [9.17, 15) is 4.79 Å². The predicted octanol–water partition coefficient (Wildman–Crippen LogP) is 2.88. The minimum absolute atomic E-state index is 0.198. The summed E-state index contributed by atoms with van der Waals surface area (Å²) in [7, 11) is 0. The summed E-state index contributed by atoms with van der Waals surface area (Å²) < 4.78 is 5.56. The minimum Gasteiger partial charge on any atom is -0.371 e. The summed E-state index contributed by atoms with van der Waals surface area (Å²) in [6.45, 7) is 11.3. The van der Waals surface area contributed by atoms with Gasteiger partial charge in [-0.15, -0.1) is 0 Å². The quantitative estimate of drug-likeness (QED) is 0.523. The van der Waals surface area contributed by atoms with Crippen LogP contribution in [0.25, 0.3) is 0 Å². The highest BCUT2D eigenvalue weighted by Gasteiger charge is 2.15. The van der Waals surface area contributed by atoms with Crippen molar-refractivity contribution in [2.75, 3.05) is 26.2 Å². The molecule has 1 unspecified atom stereocenters. The van der Waals surface area contributed by atoms with Gasteiger partial charge in [-0.05, 0) is 26.4 Å². The Bertz CT molecular complexity index is 191. The van der Waals surface area contributed by atoms with Gasteiger partial charge in [-0.1, -0.05) is 40.0 Å². The SMILES string of the molecule is CCCCCCOC(C)C(=O)CN(CC)CC. The molecule has 0 aliphatic carbocycles. The summed E-state index contributed by atoms with van der Waals surface area (Å²) >= 11 is 0. The van der Waals surface area contributed by atoms with Gasteiger partial charge in [-0.25, -0.2) is 0 Å². The number of rotatable bonds is 11. The molecule has 0 N–H and O–H groups in total. The fourth-order valence-electron chi connectivity index (χ4n) is 1.68. The molecule has 0 fully saturated rings. The normalized spacial score (nSPS) is 13.0. The molecule has 0 spiro atoms. The lowest BCUT2D eigenvalue weighted by atomic mass is 10.2. The number of Topliss-reactive ketones (excluding diaryl/α,β-unsaturated/α-hetero) is 1. The molecule has 0 amide bonds. The smallest absolute Gasteiger partial charge is 0.175 e. The third kappa shape index (κ3) is 8.33. The average molecular weight is 243 g/mol. The van der Waals surface area contributed by atoms with Crippen LogP contribution in [0.5, 0.6) is 0 Å². The van der Waals surface area contributed by atoms with Crippen LogP contribution in [0.15, 0.2) is 0 Å². The van der Waals surface area contributed by atoms with Crippen molar-refractivity contribution in [1.82, 2.24) is 4.90 Å². The van der Waals surface area contributed by atoms with E-state index >= 15 is 0 Å². The Labute approximate surface area is 107 Å². The molecule has 0 aromatic rings. The van der Waals surface area contributed by atoms with Crippen molar-refractivity contribution in [2.24, 2.45) is 0 Å². The van der Waals surface area contributed by atoms with E-state index in [1.165, 1.54) is 19.3 Å². The average Bonchev–Trinajstić information content (AvgIpc) is 2.35. The van der Waals surface area contributed by atoms with Gasteiger partial charge in [0.2, 0.25) is 0 Å². The maximum absolute atomic E-state index is 11.8. The second-order valence-electron chi connectivity index (χ2n) is 4.50. The highest BCUT2D eigenvalue weighted by molar-refractivity contribution is 5.84. The highest BCUT2D eigenvalue weighted by atomic mass is 16.5. The Morgan fingerprint density at radius 1 is 1.12 bits per heavy atom. The molecule has 0 rings (SSSR count). The Balaban J connectivity index is 3.66. The van der Waals surface area contributed by atoms with E-state index in [2.05, 4.69) is 25.7 Å². The molecule has 0 aliphatic heterocycles. The first kappa shape index (κ1) is 16.6. The van der Waals surface area contributed by atoms with E-state index in [1.54, 1.807) is 0 Å². The second kappa shape index (κ2) is 10.7. The van der Waals surface area contributed by atoms with Gasteiger partial charge in [0.15, 0.2) is 5.78 Å². The summed E-state index contributed by atoms with van der Waals surface area (Å²) in [6.07, 6.45) is 4.50. The van der Waals surface area contributed by atoms with Crippen LogP contribution in [0.3, 0.4) is 0 Å². The largest absolute Gasteiger partial charge is 0.371 e. The van der Waals surface area contributed by atoms with Crippen molar-refractivity contribution in [2.45, 2.75) is 59.5 Å². The van der Waals surface area contributed by atoms with Gasteiger partial charge >= 0.3 is 0 Å². The Hall–Kier alpha value is -0.410. The lowest BCUT2D eigenvalue weighted by Gasteiger charge is -2.19. The summed E-state index contributed by atoms with van der Waals surface area (Å²) in [5, 5.41) is 0. The summed E-state index contributed by atoms with van der Waals surface area (Å²) in [5.74, 6) is 0.198. The summed E-state index contributed by atoms with van der Waals surface area (Å²) in [4.78, 5) is 13.9. The first-order valence-electron chi connectivity index (χ1n) is 7.02. The van der Waals surface area contributed by atoms with Gasteiger partial charge in [-0.2, -0.15) is 0 Å². The van der Waals surface area contributed by atoms with Crippen LogP contribution in [-0.4, -0.2) is 43.0 Å². The zero-order valence-corrected chi connectivity index (χ0v) is 12.0. The van der Waals surface area contributed by atoms with Crippen molar-refractivity contribution in [3.05, 3.63) is 0 Å². The number of carbonyl (C=O) groups excluding carboxylic acids is 1. The lowest BCUT2D eigenvalue weighted by Crippen LogP contribution is -2.35. The van der Waals surface area contributed by atoms with E-state index in [-0.39, 0.29) is 11.9 Å². The number of ether oxygens (including phenoxy) is 1. The standard InChI is InChI=1S/C14H29NO2/c1-5-8-9-10-11-17-13(4)14(16)12-15(6-2)7-3/h13H,5-12H2,1-4H3. The zero-order chi connectivity index (χ0) is 13.1. The molecule has 0 bridgehead atoms. The highest BCUT2D eigenvalue weighted by Crippen LogP contribution is 2.02. The van der Waals surface area contributed by atoms with Crippen LogP contribution in [0.4, 0.5) is 0 Å². The molecule has 102 valence electrons. The maximum atomic E-state index is 11.8. The molecule has 3 nitrogen and oxygen atoms in total. The van der Waals surface area contributed by atoms with Gasteiger partial charge in [0.25, 0.3) is 0 Å². The molecular weight excluding hydrogens is 214 g/mol. The number of carbonyl (C=O) groups is 1. The van der Waals surface area contributed by atoms with E-state index in [4.69, 9.17) is 4.74 Å². The number of likely N-dealkylation sites (N-methyl/N-ethyl adjacent to an activating group) is 1. The fourth-order valence-corrected chi connectivity index (χ4v) is 1.68. The number of ketones is 1. The second-order valence-corrected chi connectivity index (χ2v) is 4.50. The van der Waals surface area contributed by atoms with Crippen LogP contribution >= 0.6 is 0 Å². The summed E-state index contributed by atoms with van der Waals surface area (Å²) in [6, 6.07) is 0. The number of nitrogens with zero attached hydrogens (tertiary/aromatic N) is 1. The van der Waals surface area contributed by atoms with Gasteiger partial charge in [0.05, 0.1) is 6.54 Å². The van der Waals surface area contributed by atoms with Gasteiger partial charge in [-0.3, -0.25) is 9.69 Å². The van der Waals surface area contributed by atoms with Crippen LogP contribution in [0.2, 0.25) is 0 Å². The van der Waals surface area contributed by atoms with Gasteiger partial charge < -0.3 is 4.74 Å². The first-order chi connectivity index (χ1) is 8.15. The zero-order valence-electron chi connectivity index (χ0n) is 12.0. The maximum Gasteiger partial charge on any atom is 0.175 e. The Morgan fingerprint density at radius 3 is 2.29 bits per heavy atom. The lowest BCUT2D eigenvalue weighted by molar-refractivity contribution is -0.130. The Kier molecular flexibility index (Phi) is 10.5. The molecule has 17 heavy (non-hydrogen) atoms. The molecule has 0 aliphatic rings. The van der Waals surface area contributed by atoms with Gasteiger partial charge in [0.1, 0.15) is 6.10 Å². The topological polar surface area (TPSA) is 29.5 Å². The monoisotopic (exact) mass is 243 g/mol. The number of hydrogen-bond donors (Lipinski definition) is 0. The van der Waals surface area contributed by atoms with Crippen molar-refractivity contribution in [3.8, 4) is 0 Å². The van der Waals surface area contributed by atoms with Crippen LogP contribution in [-0.2, 0) is 9.53 Å². The van der Waals surface area contributed by atoms with E-state index in [0.717, 1.165) is 19.5 Å². The van der Waals surface area contributed by atoms with Crippen molar-refractivity contribution in [1.29, 1.82) is 0 Å². The summed E-state index contributed by atoms with van der Waals surface area (Å²) in [5.41, 5.74) is 0. The minimum atomic E-state index is -0.253. The van der Waals surface area contributed by atoms with Crippen LogP contribution in [0.1, 0.15) is 53.4 Å². The van der Waals surface area contributed by atoms with Crippen molar-refractivity contribution >= 4 is 5.78 Å². The molecule has 0 aromatic carbocycles. The van der Waals surface area contributed by atoms with Crippen LogP contribution in [0, 0.1) is 0 Å². The molecule has 0 heterocycles. The molecule has 3 heteroatoms. The van der Waals surface area contributed by atoms with E-state index < -0.39 is 0 Å². The van der Waals surface area contributed by atoms with Crippen LogP contribution < -0.4 is 0 Å². The van der Waals surface area contributed by atoms with Crippen molar-refractivity contribution < 1.29 is 9.53 Å². The molecule has 0 radical (unpaired) electrons. The third-order valence-corrected chi connectivity index (χ3v) is 3.09. The van der Waals surface area contributed by atoms with Crippen molar-refractivity contribution in [3.63, 3.8) is 0 Å². The number of unbranched alkanes of at least 4 members (excludes halogenated alkanes) is 3. The fraction of sp³-hybridized carbons (Fsp3) is 0.929. The number of hydrogen-bond acceptors (Lipinski definition) is 3. The molecule has 0 aromatic heterocycles. The predicted molar refractivity (Wildman–Crippen MR) is 72.4 cm³/mol. The van der Waals surface area contributed by atoms with Gasteiger partial charge in [0, 0.05) is 6.61 Å². The molecule has 0 saturated carbocycles. The molecule has 1 atom stereocenters. The molecular formula is C14H29NO2. The molecule has 0 saturated heterocycles. The third-order valence-electron chi connectivity index (χ3n) is 3.09. The van der Waals surface area contributed by atoms with E-state index in [1.807, 2.05) is 6.92 Å². The van der Waals surface area contributed by atoms with E-state index in [0.29, 0.717) is 13.2 Å². The first-order valence-corrected chi connectivity index (χ1v) is 7.02.